The van der Waals surface area contributed by atoms with Crippen LogP contribution in [0.1, 0.15) is 37.8 Å². The minimum absolute atomic E-state index is 0.177. The standard InChI is InChI=1S/C15H17F4NO2/c1-14(2,3)22-13(21)20-7-10(8-20)9-4-5-11(12(16)6-9)15(17,18)19/h4-6,10H,7-8H2,1-3H3. The molecule has 0 bridgehead atoms. The molecule has 0 aromatic heterocycles. The van der Waals surface area contributed by atoms with Crippen LogP contribution in [-0.2, 0) is 10.9 Å². The van der Waals surface area contributed by atoms with Crippen LogP contribution in [-0.4, -0.2) is 29.7 Å². The lowest BCUT2D eigenvalue weighted by molar-refractivity contribution is -0.140. The summed E-state index contributed by atoms with van der Waals surface area (Å²) in [5.74, 6) is -1.47. The van der Waals surface area contributed by atoms with Crippen molar-refractivity contribution in [2.24, 2.45) is 0 Å². The second-order valence-electron chi connectivity index (χ2n) is 6.32. The first-order valence-corrected chi connectivity index (χ1v) is 6.82. The maximum absolute atomic E-state index is 13.5. The summed E-state index contributed by atoms with van der Waals surface area (Å²) in [5.41, 5.74) is -1.44. The molecule has 0 radical (unpaired) electrons. The third-order valence-corrected chi connectivity index (χ3v) is 3.30. The van der Waals surface area contributed by atoms with Crippen LogP contribution in [0.4, 0.5) is 22.4 Å². The van der Waals surface area contributed by atoms with Gasteiger partial charge in [-0.25, -0.2) is 9.18 Å². The average molecular weight is 319 g/mol. The number of nitrogens with zero attached hydrogens (tertiary/aromatic N) is 1. The molecule has 1 aliphatic rings. The molecule has 0 atom stereocenters. The molecule has 1 fully saturated rings. The molecule has 1 saturated heterocycles. The first-order chi connectivity index (χ1) is 9.97. The second kappa shape index (κ2) is 5.44. The van der Waals surface area contributed by atoms with Gasteiger partial charge in [-0.05, 0) is 38.5 Å². The van der Waals surface area contributed by atoms with E-state index in [0.717, 1.165) is 12.1 Å². The largest absolute Gasteiger partial charge is 0.444 e. The minimum Gasteiger partial charge on any atom is -0.444 e. The van der Waals surface area contributed by atoms with Gasteiger partial charge in [0.25, 0.3) is 0 Å². The highest BCUT2D eigenvalue weighted by Gasteiger charge is 2.37. The molecule has 1 heterocycles. The molecule has 0 aliphatic carbocycles. The van der Waals surface area contributed by atoms with Crippen molar-refractivity contribution < 1.29 is 27.1 Å². The van der Waals surface area contributed by atoms with E-state index in [1.807, 2.05) is 0 Å². The Hall–Kier alpha value is -1.79. The Labute approximate surface area is 125 Å². The van der Waals surface area contributed by atoms with Crippen LogP contribution in [0, 0.1) is 5.82 Å². The lowest BCUT2D eigenvalue weighted by atomic mass is 9.91. The normalized spacial score (nSPS) is 16.4. The van der Waals surface area contributed by atoms with Gasteiger partial charge in [-0.15, -0.1) is 0 Å². The fraction of sp³-hybridized carbons (Fsp3) is 0.533. The number of likely N-dealkylation sites (tertiary alicyclic amines) is 1. The van der Waals surface area contributed by atoms with Crippen LogP contribution in [0.3, 0.4) is 0 Å². The SMILES string of the molecule is CC(C)(C)OC(=O)N1CC(c2ccc(C(F)(F)F)c(F)c2)C1. The van der Waals surface area contributed by atoms with Crippen LogP contribution in [0.5, 0.6) is 0 Å². The number of hydrogen-bond donors (Lipinski definition) is 0. The summed E-state index contributed by atoms with van der Waals surface area (Å²) in [6.45, 7) is 5.84. The molecule has 0 unspecified atom stereocenters. The monoisotopic (exact) mass is 319 g/mol. The van der Waals surface area contributed by atoms with Crippen molar-refractivity contribution in [2.45, 2.75) is 38.5 Å². The number of amides is 1. The van der Waals surface area contributed by atoms with Crippen LogP contribution in [0.25, 0.3) is 0 Å². The molecule has 7 heteroatoms. The van der Waals surface area contributed by atoms with Crippen molar-refractivity contribution in [1.29, 1.82) is 0 Å². The van der Waals surface area contributed by atoms with E-state index in [2.05, 4.69) is 0 Å². The first-order valence-electron chi connectivity index (χ1n) is 6.82. The smallest absolute Gasteiger partial charge is 0.419 e. The number of rotatable bonds is 1. The van der Waals surface area contributed by atoms with Crippen molar-refractivity contribution in [3.05, 3.63) is 35.1 Å². The second-order valence-corrected chi connectivity index (χ2v) is 6.32. The zero-order chi connectivity index (χ0) is 16.7. The van der Waals surface area contributed by atoms with Crippen molar-refractivity contribution in [3.63, 3.8) is 0 Å². The van der Waals surface area contributed by atoms with Crippen molar-refractivity contribution in [3.8, 4) is 0 Å². The fourth-order valence-electron chi connectivity index (χ4n) is 2.18. The van der Waals surface area contributed by atoms with Gasteiger partial charge in [-0.3, -0.25) is 0 Å². The van der Waals surface area contributed by atoms with E-state index in [-0.39, 0.29) is 5.92 Å². The number of halogens is 4. The lowest BCUT2D eigenvalue weighted by Crippen LogP contribution is -2.50. The van der Waals surface area contributed by atoms with E-state index >= 15 is 0 Å². The minimum atomic E-state index is -4.70. The number of alkyl halides is 3. The summed E-state index contributed by atoms with van der Waals surface area (Å²) in [6, 6.07) is 2.88. The maximum atomic E-state index is 13.5. The molecule has 1 aromatic rings. The molecule has 122 valence electrons. The summed E-state index contributed by atoms with van der Waals surface area (Å²) in [4.78, 5) is 13.2. The Bertz CT molecular complexity index is 572. The van der Waals surface area contributed by atoms with Gasteiger partial charge in [0, 0.05) is 19.0 Å². The zero-order valence-electron chi connectivity index (χ0n) is 12.5. The van der Waals surface area contributed by atoms with Crippen molar-refractivity contribution >= 4 is 6.09 Å². The summed E-state index contributed by atoms with van der Waals surface area (Å²) >= 11 is 0. The molecular formula is C15H17F4NO2. The average Bonchev–Trinajstić information content (AvgIpc) is 2.22. The van der Waals surface area contributed by atoms with E-state index in [4.69, 9.17) is 4.74 Å². The highest BCUT2D eigenvalue weighted by molar-refractivity contribution is 5.69. The molecule has 1 aliphatic heterocycles. The number of carbonyl (C=O) groups is 1. The molecule has 3 nitrogen and oxygen atoms in total. The predicted molar refractivity (Wildman–Crippen MR) is 72.0 cm³/mol. The third-order valence-electron chi connectivity index (χ3n) is 3.30. The Kier molecular flexibility index (Phi) is 4.10. The van der Waals surface area contributed by atoms with Gasteiger partial charge in [0.1, 0.15) is 11.4 Å². The van der Waals surface area contributed by atoms with Gasteiger partial charge < -0.3 is 9.64 Å². The topological polar surface area (TPSA) is 29.5 Å². The van der Waals surface area contributed by atoms with Crippen LogP contribution >= 0.6 is 0 Å². The third kappa shape index (κ3) is 3.69. The predicted octanol–water partition coefficient (Wildman–Crippen LogP) is 4.18. The molecular weight excluding hydrogens is 302 g/mol. The molecule has 22 heavy (non-hydrogen) atoms. The number of ether oxygens (including phenoxy) is 1. The molecule has 2 rings (SSSR count). The van der Waals surface area contributed by atoms with Crippen LogP contribution in [0.15, 0.2) is 18.2 Å². The molecule has 1 aromatic carbocycles. The summed E-state index contributed by atoms with van der Waals surface area (Å²) in [5, 5.41) is 0. The lowest BCUT2D eigenvalue weighted by Gasteiger charge is -2.40. The molecule has 0 N–H and O–H groups in total. The van der Waals surface area contributed by atoms with Crippen LogP contribution in [0.2, 0.25) is 0 Å². The van der Waals surface area contributed by atoms with Gasteiger partial charge in [-0.1, -0.05) is 6.07 Å². The first kappa shape index (κ1) is 16.6. The van der Waals surface area contributed by atoms with E-state index in [9.17, 15) is 22.4 Å². The fourth-order valence-corrected chi connectivity index (χ4v) is 2.18. The zero-order valence-corrected chi connectivity index (χ0v) is 12.5. The number of hydrogen-bond acceptors (Lipinski definition) is 2. The van der Waals surface area contributed by atoms with Gasteiger partial charge in [0.15, 0.2) is 0 Å². The Morgan fingerprint density at radius 2 is 1.82 bits per heavy atom. The number of carbonyl (C=O) groups excluding carboxylic acids is 1. The van der Waals surface area contributed by atoms with Crippen molar-refractivity contribution in [2.75, 3.05) is 13.1 Å². The molecule has 0 spiro atoms. The highest BCUT2D eigenvalue weighted by atomic mass is 19.4. The van der Waals surface area contributed by atoms with E-state index in [1.165, 1.54) is 11.0 Å². The van der Waals surface area contributed by atoms with Gasteiger partial charge in [0.05, 0.1) is 5.56 Å². The van der Waals surface area contributed by atoms with Crippen molar-refractivity contribution in [1.82, 2.24) is 4.90 Å². The van der Waals surface area contributed by atoms with Crippen LogP contribution < -0.4 is 0 Å². The molecule has 1 amide bonds. The Morgan fingerprint density at radius 3 is 2.27 bits per heavy atom. The van der Waals surface area contributed by atoms with E-state index in [0.29, 0.717) is 18.7 Å². The molecule has 0 saturated carbocycles. The maximum Gasteiger partial charge on any atom is 0.419 e. The van der Waals surface area contributed by atoms with Gasteiger partial charge >= 0.3 is 12.3 Å². The summed E-state index contributed by atoms with van der Waals surface area (Å²) in [7, 11) is 0. The van der Waals surface area contributed by atoms with E-state index in [1.54, 1.807) is 20.8 Å². The Balaban J connectivity index is 1.99. The summed E-state index contributed by atoms with van der Waals surface area (Å²) < 4.78 is 56.2. The van der Waals surface area contributed by atoms with E-state index < -0.39 is 29.3 Å². The quantitative estimate of drug-likeness (QED) is 0.727. The summed E-state index contributed by atoms with van der Waals surface area (Å²) in [6.07, 6.45) is -5.18. The Morgan fingerprint density at radius 1 is 1.23 bits per heavy atom. The number of benzene rings is 1. The van der Waals surface area contributed by atoms with Gasteiger partial charge in [-0.2, -0.15) is 13.2 Å². The highest BCUT2D eigenvalue weighted by Crippen LogP contribution is 2.34. The van der Waals surface area contributed by atoms with Gasteiger partial charge in [0.2, 0.25) is 0 Å².